The molecular weight excluding hydrogens is 339 g/mol. The number of sulfonamides is 1. The molecule has 1 aromatic heterocycles. The molecule has 0 saturated heterocycles. The zero-order valence-electron chi connectivity index (χ0n) is 11.0. The van der Waals surface area contributed by atoms with Crippen LogP contribution in [0.3, 0.4) is 0 Å². The summed E-state index contributed by atoms with van der Waals surface area (Å²) in [6, 6.07) is 4.87. The first kappa shape index (κ1) is 16.2. The van der Waals surface area contributed by atoms with Gasteiger partial charge >= 0.3 is 0 Å². The first-order valence-corrected chi connectivity index (χ1v) is 7.89. The third-order valence-corrected chi connectivity index (χ3v) is 3.86. The number of hydrogen-bond acceptors (Lipinski definition) is 6. The number of nitrogens with zero attached hydrogens (tertiary/aromatic N) is 1. The second-order valence-corrected chi connectivity index (χ2v) is 6.27. The number of carbonyl (C=O) groups is 1. The summed E-state index contributed by atoms with van der Waals surface area (Å²) < 4.78 is 47.6. The van der Waals surface area contributed by atoms with E-state index in [4.69, 9.17) is 16.3 Å². The van der Waals surface area contributed by atoms with Gasteiger partial charge in [-0.05, 0) is 12.1 Å². The van der Waals surface area contributed by atoms with Crippen LogP contribution in [0.4, 0.5) is 4.39 Å². The van der Waals surface area contributed by atoms with Crippen molar-refractivity contribution < 1.29 is 26.9 Å². The van der Waals surface area contributed by atoms with Crippen LogP contribution in [0.15, 0.2) is 35.1 Å². The van der Waals surface area contributed by atoms with Gasteiger partial charge in [-0.2, -0.15) is 0 Å². The number of amides is 1. The van der Waals surface area contributed by atoms with Crippen LogP contribution in [0.1, 0.15) is 5.69 Å². The lowest BCUT2D eigenvalue weighted by Crippen LogP contribution is -2.35. The Balaban J connectivity index is 1.88. The van der Waals surface area contributed by atoms with Crippen LogP contribution in [0.25, 0.3) is 0 Å². The van der Waals surface area contributed by atoms with Gasteiger partial charge in [-0.1, -0.05) is 16.8 Å². The Kier molecular flexibility index (Phi) is 4.99. The highest BCUT2D eigenvalue weighted by Gasteiger charge is 2.17. The monoisotopic (exact) mass is 348 g/mol. The van der Waals surface area contributed by atoms with E-state index in [1.165, 1.54) is 24.5 Å². The number of hydrogen-bond donors (Lipinski definition) is 1. The Bertz CT molecular complexity index is 764. The lowest BCUT2D eigenvalue weighted by atomic mass is 10.3. The third-order valence-electron chi connectivity index (χ3n) is 2.36. The van der Waals surface area contributed by atoms with Gasteiger partial charge in [0.15, 0.2) is 6.61 Å². The molecule has 0 saturated carbocycles. The van der Waals surface area contributed by atoms with Crippen molar-refractivity contribution in [1.29, 1.82) is 0 Å². The van der Waals surface area contributed by atoms with Crippen molar-refractivity contribution >= 4 is 27.5 Å². The van der Waals surface area contributed by atoms with Crippen LogP contribution in [-0.4, -0.2) is 26.1 Å². The Hall–Kier alpha value is -2.13. The molecule has 0 bridgehead atoms. The highest BCUT2D eigenvalue weighted by Crippen LogP contribution is 2.20. The fourth-order valence-corrected chi connectivity index (χ4v) is 2.65. The second-order valence-electron chi connectivity index (χ2n) is 4.14. The summed E-state index contributed by atoms with van der Waals surface area (Å²) in [6.07, 6.45) is 1.22. The number of benzene rings is 1. The maximum atomic E-state index is 12.9. The number of rotatable bonds is 6. The summed E-state index contributed by atoms with van der Waals surface area (Å²) in [6.45, 7) is -0.569. The topological polar surface area (TPSA) is 98.5 Å². The van der Waals surface area contributed by atoms with Crippen molar-refractivity contribution in [2.75, 3.05) is 6.61 Å². The molecule has 1 amide bonds. The fourth-order valence-electron chi connectivity index (χ4n) is 1.46. The number of aromatic nitrogens is 1. The van der Waals surface area contributed by atoms with Gasteiger partial charge in [-0.3, -0.25) is 4.79 Å². The summed E-state index contributed by atoms with van der Waals surface area (Å²) in [4.78, 5) is 11.5. The summed E-state index contributed by atoms with van der Waals surface area (Å²) in [5, 5.41) is 3.26. The number of nitrogens with one attached hydrogen (secondary N) is 1. The summed E-state index contributed by atoms with van der Waals surface area (Å²) in [7, 11) is -3.91. The molecule has 10 heteroatoms. The molecule has 0 fully saturated rings. The Morgan fingerprint density at radius 2 is 2.18 bits per heavy atom. The molecule has 1 N–H and O–H groups in total. The minimum Gasteiger partial charge on any atom is -0.484 e. The SMILES string of the molecule is O=C(COc1ccc(F)c(Cl)c1)NS(=O)(=O)Cc1ccon1. The maximum absolute atomic E-state index is 12.9. The lowest BCUT2D eigenvalue weighted by molar-refractivity contribution is -0.121. The molecule has 0 spiro atoms. The molecule has 1 aromatic carbocycles. The van der Waals surface area contributed by atoms with Crippen molar-refractivity contribution in [2.24, 2.45) is 0 Å². The molecule has 2 aromatic rings. The second kappa shape index (κ2) is 6.75. The van der Waals surface area contributed by atoms with Gasteiger partial charge in [0, 0.05) is 12.1 Å². The van der Waals surface area contributed by atoms with E-state index in [0.717, 1.165) is 6.07 Å². The smallest absolute Gasteiger partial charge is 0.271 e. The normalized spacial score (nSPS) is 11.2. The van der Waals surface area contributed by atoms with E-state index in [0.29, 0.717) is 0 Å². The van der Waals surface area contributed by atoms with Crippen LogP contribution in [0.2, 0.25) is 5.02 Å². The van der Waals surface area contributed by atoms with Crippen molar-refractivity contribution in [3.63, 3.8) is 0 Å². The highest BCUT2D eigenvalue weighted by atomic mass is 35.5. The minimum atomic E-state index is -3.91. The first-order valence-electron chi connectivity index (χ1n) is 5.86. The van der Waals surface area contributed by atoms with Gasteiger partial charge < -0.3 is 9.26 Å². The van der Waals surface area contributed by atoms with E-state index in [9.17, 15) is 17.6 Å². The van der Waals surface area contributed by atoms with Crippen molar-refractivity contribution in [3.05, 3.63) is 47.1 Å². The fraction of sp³-hybridized carbons (Fsp3) is 0.167. The van der Waals surface area contributed by atoms with E-state index >= 15 is 0 Å². The summed E-state index contributed by atoms with van der Waals surface area (Å²) in [5.74, 6) is -1.88. The van der Waals surface area contributed by atoms with Gasteiger partial charge in [0.2, 0.25) is 10.0 Å². The van der Waals surface area contributed by atoms with Crippen LogP contribution in [-0.2, 0) is 20.6 Å². The largest absolute Gasteiger partial charge is 0.484 e. The van der Waals surface area contributed by atoms with Crippen LogP contribution in [0.5, 0.6) is 5.75 Å². The summed E-state index contributed by atoms with van der Waals surface area (Å²) >= 11 is 5.55. The standard InChI is InChI=1S/C12H10ClFN2O5S/c13-10-5-9(1-2-11(10)14)20-6-12(17)16-22(18,19)7-8-3-4-21-15-8/h1-5H,6-7H2,(H,16,17). The molecule has 0 aliphatic rings. The average Bonchev–Trinajstić information content (AvgIpc) is 2.91. The molecule has 0 radical (unpaired) electrons. The molecule has 7 nitrogen and oxygen atoms in total. The molecule has 0 atom stereocenters. The van der Waals surface area contributed by atoms with Crippen molar-refractivity contribution in [1.82, 2.24) is 9.88 Å². The first-order chi connectivity index (χ1) is 10.4. The average molecular weight is 349 g/mol. The lowest BCUT2D eigenvalue weighted by Gasteiger charge is -2.08. The predicted octanol–water partition coefficient (Wildman–Crippen LogP) is 1.49. The van der Waals surface area contributed by atoms with Crippen LogP contribution in [0, 0.1) is 5.82 Å². The highest BCUT2D eigenvalue weighted by molar-refractivity contribution is 7.89. The van der Waals surface area contributed by atoms with Gasteiger partial charge in [-0.15, -0.1) is 0 Å². The molecule has 0 aliphatic heterocycles. The maximum Gasteiger partial charge on any atom is 0.271 e. The van der Waals surface area contributed by atoms with E-state index < -0.39 is 34.1 Å². The molecule has 1 heterocycles. The third kappa shape index (κ3) is 4.71. The van der Waals surface area contributed by atoms with Gasteiger partial charge in [0.1, 0.15) is 29.3 Å². The Morgan fingerprint density at radius 3 is 2.82 bits per heavy atom. The van der Waals surface area contributed by atoms with Crippen LogP contribution >= 0.6 is 11.6 Å². The van der Waals surface area contributed by atoms with Crippen LogP contribution < -0.4 is 9.46 Å². The van der Waals surface area contributed by atoms with E-state index in [2.05, 4.69) is 9.68 Å². The number of halogens is 2. The Labute approximate surface area is 130 Å². The molecule has 0 aliphatic carbocycles. The Morgan fingerprint density at radius 1 is 1.41 bits per heavy atom. The molecule has 2 rings (SSSR count). The predicted molar refractivity (Wildman–Crippen MR) is 74.2 cm³/mol. The van der Waals surface area contributed by atoms with Gasteiger partial charge in [0.25, 0.3) is 5.91 Å². The summed E-state index contributed by atoms with van der Waals surface area (Å²) in [5.41, 5.74) is 0.159. The quantitative estimate of drug-likeness (QED) is 0.849. The van der Waals surface area contributed by atoms with E-state index in [-0.39, 0.29) is 16.5 Å². The molecule has 0 unspecified atom stereocenters. The van der Waals surface area contributed by atoms with E-state index in [1.807, 2.05) is 4.72 Å². The minimum absolute atomic E-state index is 0.135. The van der Waals surface area contributed by atoms with Crippen molar-refractivity contribution in [2.45, 2.75) is 5.75 Å². The van der Waals surface area contributed by atoms with Gasteiger partial charge in [0.05, 0.1) is 5.02 Å². The molecule has 22 heavy (non-hydrogen) atoms. The molecular formula is C12H10ClFN2O5S. The number of carbonyl (C=O) groups excluding carboxylic acids is 1. The zero-order chi connectivity index (χ0) is 16.2. The molecule has 118 valence electrons. The number of ether oxygens (including phenoxy) is 1. The van der Waals surface area contributed by atoms with E-state index in [1.54, 1.807) is 0 Å². The van der Waals surface area contributed by atoms with Gasteiger partial charge in [-0.25, -0.2) is 17.5 Å². The van der Waals surface area contributed by atoms with Crippen molar-refractivity contribution in [3.8, 4) is 5.75 Å². The zero-order valence-corrected chi connectivity index (χ0v) is 12.5.